The van der Waals surface area contributed by atoms with Gasteiger partial charge in [-0.3, -0.25) is 9.78 Å². The lowest BCUT2D eigenvalue weighted by Crippen LogP contribution is -2.33. The van der Waals surface area contributed by atoms with Crippen molar-refractivity contribution in [2.24, 2.45) is 0 Å². The highest BCUT2D eigenvalue weighted by atomic mass is 32.1. The third-order valence-electron chi connectivity index (χ3n) is 6.61. The van der Waals surface area contributed by atoms with Crippen LogP contribution in [0.3, 0.4) is 0 Å². The molecule has 0 bridgehead atoms. The predicted molar refractivity (Wildman–Crippen MR) is 149 cm³/mol. The van der Waals surface area contributed by atoms with Crippen molar-refractivity contribution in [1.29, 1.82) is 0 Å². The normalized spacial score (nSPS) is 16.9. The molecule has 1 aliphatic heterocycles. The number of hydrogen-bond donors (Lipinski definition) is 2. The van der Waals surface area contributed by atoms with Crippen molar-refractivity contribution >= 4 is 28.9 Å². The molecule has 2 aromatic heterocycles. The molecule has 1 saturated heterocycles. The SMILES string of the molecule is COc1cccc(-n2cccc2[C@@H]2[C@H](c3ccccn3)NC(=S)N2CCC(=O)Nc2ccccc2C)c1. The fraction of sp³-hybridized carbons (Fsp3) is 0.207. The number of pyridine rings is 1. The minimum atomic E-state index is -0.174. The number of amides is 1. The van der Waals surface area contributed by atoms with E-state index in [4.69, 9.17) is 17.0 Å². The van der Waals surface area contributed by atoms with Crippen molar-refractivity contribution in [3.8, 4) is 11.4 Å². The Labute approximate surface area is 222 Å². The van der Waals surface area contributed by atoms with Crippen molar-refractivity contribution < 1.29 is 9.53 Å². The number of methoxy groups -OCH3 is 1. The van der Waals surface area contributed by atoms with E-state index < -0.39 is 0 Å². The van der Waals surface area contributed by atoms with Gasteiger partial charge in [-0.05, 0) is 67.2 Å². The van der Waals surface area contributed by atoms with Crippen LogP contribution in [0, 0.1) is 6.92 Å². The number of carbonyl (C=O) groups is 1. The molecule has 1 amide bonds. The van der Waals surface area contributed by atoms with Gasteiger partial charge in [0.15, 0.2) is 5.11 Å². The lowest BCUT2D eigenvalue weighted by Gasteiger charge is -2.29. The van der Waals surface area contributed by atoms with E-state index in [0.717, 1.165) is 34.1 Å². The number of rotatable bonds is 8. The summed E-state index contributed by atoms with van der Waals surface area (Å²) < 4.78 is 7.60. The topological polar surface area (TPSA) is 71.4 Å². The van der Waals surface area contributed by atoms with Crippen LogP contribution in [0.5, 0.6) is 5.75 Å². The number of nitrogens with one attached hydrogen (secondary N) is 2. The number of carbonyl (C=O) groups excluding carboxylic acids is 1. The number of benzene rings is 2. The zero-order chi connectivity index (χ0) is 25.8. The summed E-state index contributed by atoms with van der Waals surface area (Å²) in [6.45, 7) is 2.44. The summed E-state index contributed by atoms with van der Waals surface area (Å²) >= 11 is 5.80. The Bertz CT molecular complexity index is 1400. The van der Waals surface area contributed by atoms with Crippen molar-refractivity contribution in [3.63, 3.8) is 0 Å². The van der Waals surface area contributed by atoms with Crippen LogP contribution in [0.2, 0.25) is 0 Å². The van der Waals surface area contributed by atoms with Crippen LogP contribution in [0.4, 0.5) is 5.69 Å². The molecule has 2 aromatic carbocycles. The van der Waals surface area contributed by atoms with E-state index in [-0.39, 0.29) is 18.0 Å². The molecule has 4 aromatic rings. The summed E-state index contributed by atoms with van der Waals surface area (Å²) in [5.74, 6) is 0.726. The van der Waals surface area contributed by atoms with Gasteiger partial charge in [-0.25, -0.2) is 0 Å². The second-order valence-corrected chi connectivity index (χ2v) is 9.32. The second-order valence-electron chi connectivity index (χ2n) is 8.94. The standard InChI is InChI=1S/C29H29N5O2S/c1-20-9-3-4-12-23(20)31-26(35)15-18-34-28(27(32-29(34)37)24-13-5-6-16-30-24)25-14-8-17-33(25)21-10-7-11-22(19-21)36-2/h3-14,16-17,19,27-28H,15,18H2,1-2H3,(H,31,35)(H,32,37)/t27-,28+/m0/s1. The highest BCUT2D eigenvalue weighted by Gasteiger charge is 2.41. The lowest BCUT2D eigenvalue weighted by molar-refractivity contribution is -0.116. The third-order valence-corrected chi connectivity index (χ3v) is 6.96. The van der Waals surface area contributed by atoms with Crippen LogP contribution in [0.1, 0.15) is 35.5 Å². The average Bonchev–Trinajstić information content (AvgIpc) is 3.53. The molecule has 2 atom stereocenters. The number of aryl methyl sites for hydroxylation is 1. The molecule has 0 radical (unpaired) electrons. The number of nitrogens with zero attached hydrogens (tertiary/aromatic N) is 3. The van der Waals surface area contributed by atoms with Crippen molar-refractivity contribution in [3.05, 3.63) is 108 Å². The highest BCUT2D eigenvalue weighted by Crippen LogP contribution is 2.39. The molecule has 2 N–H and O–H groups in total. The molecular formula is C29H29N5O2S. The minimum absolute atomic E-state index is 0.0553. The Balaban J connectivity index is 1.45. The molecule has 0 spiro atoms. The van der Waals surface area contributed by atoms with Crippen LogP contribution >= 0.6 is 12.2 Å². The monoisotopic (exact) mass is 511 g/mol. The molecule has 3 heterocycles. The van der Waals surface area contributed by atoms with E-state index in [0.29, 0.717) is 18.1 Å². The Morgan fingerprint density at radius 3 is 2.70 bits per heavy atom. The molecule has 37 heavy (non-hydrogen) atoms. The fourth-order valence-electron chi connectivity index (χ4n) is 4.75. The zero-order valence-corrected chi connectivity index (χ0v) is 21.6. The fourth-order valence-corrected chi connectivity index (χ4v) is 5.08. The van der Waals surface area contributed by atoms with Crippen LogP contribution in [0.25, 0.3) is 5.69 Å². The van der Waals surface area contributed by atoms with E-state index in [2.05, 4.69) is 31.2 Å². The molecule has 0 aliphatic carbocycles. The summed E-state index contributed by atoms with van der Waals surface area (Å²) in [5.41, 5.74) is 4.76. The van der Waals surface area contributed by atoms with E-state index >= 15 is 0 Å². The second kappa shape index (κ2) is 10.8. The van der Waals surface area contributed by atoms with Gasteiger partial charge < -0.3 is 24.8 Å². The van der Waals surface area contributed by atoms with Gasteiger partial charge in [-0.2, -0.15) is 0 Å². The predicted octanol–water partition coefficient (Wildman–Crippen LogP) is 5.19. The molecule has 0 unspecified atom stereocenters. The molecule has 8 heteroatoms. The lowest BCUT2D eigenvalue weighted by atomic mass is 10.0. The summed E-state index contributed by atoms with van der Waals surface area (Å²) in [7, 11) is 1.66. The Morgan fingerprint density at radius 1 is 1.08 bits per heavy atom. The maximum Gasteiger partial charge on any atom is 0.226 e. The van der Waals surface area contributed by atoms with Crippen LogP contribution < -0.4 is 15.4 Å². The van der Waals surface area contributed by atoms with Gasteiger partial charge in [-0.1, -0.05) is 30.3 Å². The van der Waals surface area contributed by atoms with Crippen LogP contribution in [-0.2, 0) is 4.79 Å². The summed E-state index contributed by atoms with van der Waals surface area (Å²) in [6.07, 6.45) is 4.11. The molecule has 0 saturated carbocycles. The maximum atomic E-state index is 12.9. The number of ether oxygens (including phenoxy) is 1. The molecule has 5 rings (SSSR count). The Morgan fingerprint density at radius 2 is 1.92 bits per heavy atom. The van der Waals surface area contributed by atoms with Crippen molar-refractivity contribution in [2.75, 3.05) is 19.0 Å². The largest absolute Gasteiger partial charge is 0.497 e. The van der Waals surface area contributed by atoms with Gasteiger partial charge in [0.2, 0.25) is 5.91 Å². The van der Waals surface area contributed by atoms with Gasteiger partial charge in [0.25, 0.3) is 0 Å². The quantitative estimate of drug-likeness (QED) is 0.317. The average molecular weight is 512 g/mol. The van der Waals surface area contributed by atoms with E-state index in [1.807, 2.05) is 85.9 Å². The van der Waals surface area contributed by atoms with Crippen LogP contribution in [0.15, 0.2) is 91.3 Å². The van der Waals surface area contributed by atoms with Crippen molar-refractivity contribution in [1.82, 2.24) is 19.8 Å². The summed E-state index contributed by atoms with van der Waals surface area (Å²) in [4.78, 5) is 19.6. The zero-order valence-electron chi connectivity index (χ0n) is 20.8. The number of hydrogen-bond acceptors (Lipinski definition) is 4. The minimum Gasteiger partial charge on any atom is -0.497 e. The molecule has 1 fully saturated rings. The number of aromatic nitrogens is 2. The number of thiocarbonyl (C=S) groups is 1. The Hall–Kier alpha value is -4.17. The first-order valence-electron chi connectivity index (χ1n) is 12.2. The highest BCUT2D eigenvalue weighted by molar-refractivity contribution is 7.80. The molecule has 7 nitrogen and oxygen atoms in total. The summed E-state index contributed by atoms with van der Waals surface area (Å²) in [5, 5.41) is 7.10. The first kappa shape index (κ1) is 24.5. The smallest absolute Gasteiger partial charge is 0.226 e. The van der Waals surface area contributed by atoms with Crippen LogP contribution in [-0.4, -0.2) is 39.1 Å². The number of anilines is 1. The first-order chi connectivity index (χ1) is 18.0. The first-order valence-corrected chi connectivity index (χ1v) is 12.6. The summed E-state index contributed by atoms with van der Waals surface area (Å²) in [6, 6.07) is 25.4. The van der Waals surface area contributed by atoms with Gasteiger partial charge in [0.05, 0.1) is 24.9 Å². The third kappa shape index (κ3) is 5.20. The molecule has 1 aliphatic rings. The van der Waals surface area contributed by atoms with Gasteiger partial charge in [0.1, 0.15) is 5.75 Å². The number of para-hydroxylation sites is 1. The molecular weight excluding hydrogens is 482 g/mol. The van der Waals surface area contributed by atoms with E-state index in [9.17, 15) is 4.79 Å². The van der Waals surface area contributed by atoms with E-state index in [1.165, 1.54) is 0 Å². The molecule has 188 valence electrons. The van der Waals surface area contributed by atoms with Crippen molar-refractivity contribution in [2.45, 2.75) is 25.4 Å². The maximum absolute atomic E-state index is 12.9. The van der Waals surface area contributed by atoms with E-state index in [1.54, 1.807) is 13.3 Å². The Kier molecular flexibility index (Phi) is 7.18. The van der Waals surface area contributed by atoms with Gasteiger partial charge in [0, 0.05) is 48.5 Å². The van der Waals surface area contributed by atoms with Gasteiger partial charge in [-0.15, -0.1) is 0 Å². The van der Waals surface area contributed by atoms with Gasteiger partial charge >= 0.3 is 0 Å².